The lowest BCUT2D eigenvalue weighted by Gasteiger charge is -2.29. The van der Waals surface area contributed by atoms with Gasteiger partial charge < -0.3 is 9.80 Å². The molecular formula is C20H25N3O3S. The summed E-state index contributed by atoms with van der Waals surface area (Å²) in [6, 6.07) is 14.1. The Morgan fingerprint density at radius 1 is 1.11 bits per heavy atom. The highest BCUT2D eigenvalue weighted by molar-refractivity contribution is 7.89. The zero-order chi connectivity index (χ0) is 19.4. The molecule has 144 valence electrons. The Balaban J connectivity index is 1.75. The van der Waals surface area contributed by atoms with Gasteiger partial charge in [0.15, 0.2) is 0 Å². The predicted molar refractivity (Wildman–Crippen MR) is 107 cm³/mol. The molecule has 0 aromatic heterocycles. The third-order valence-corrected chi connectivity index (χ3v) is 6.09. The molecule has 0 unspecified atom stereocenters. The highest BCUT2D eigenvalue weighted by Gasteiger charge is 2.23. The first-order valence-electron chi connectivity index (χ1n) is 9.03. The number of carbonyl (C=O) groups is 1. The first kappa shape index (κ1) is 19.5. The Bertz CT molecular complexity index is 908. The van der Waals surface area contributed by atoms with Gasteiger partial charge in [0.05, 0.1) is 4.90 Å². The van der Waals surface area contributed by atoms with E-state index in [0.29, 0.717) is 25.2 Å². The van der Waals surface area contributed by atoms with Crippen LogP contribution in [0.25, 0.3) is 0 Å². The first-order valence-corrected chi connectivity index (χ1v) is 10.5. The third kappa shape index (κ3) is 4.55. The van der Waals surface area contributed by atoms with Crippen LogP contribution in [0, 0.1) is 0 Å². The molecule has 0 radical (unpaired) electrons. The number of aryl methyl sites for hydroxylation is 1. The maximum absolute atomic E-state index is 12.9. The number of likely N-dealkylation sites (N-methyl/N-ethyl adjacent to an activating group) is 1. The van der Waals surface area contributed by atoms with Gasteiger partial charge in [0.1, 0.15) is 0 Å². The van der Waals surface area contributed by atoms with Gasteiger partial charge in [0.2, 0.25) is 10.0 Å². The van der Waals surface area contributed by atoms with E-state index in [1.54, 1.807) is 17.0 Å². The molecule has 1 aliphatic rings. The van der Waals surface area contributed by atoms with E-state index in [2.05, 4.69) is 4.72 Å². The molecule has 3 rings (SSSR count). The molecule has 0 saturated heterocycles. The van der Waals surface area contributed by atoms with Crippen molar-refractivity contribution in [3.63, 3.8) is 0 Å². The summed E-state index contributed by atoms with van der Waals surface area (Å²) in [7, 11) is 0.191. The normalized spacial score (nSPS) is 14.3. The number of hydrogen-bond donors (Lipinski definition) is 1. The smallest absolute Gasteiger partial charge is 0.258 e. The van der Waals surface area contributed by atoms with Gasteiger partial charge in [-0.3, -0.25) is 4.79 Å². The third-order valence-electron chi connectivity index (χ3n) is 4.62. The van der Waals surface area contributed by atoms with Crippen LogP contribution in [0.2, 0.25) is 0 Å². The fourth-order valence-corrected chi connectivity index (χ4v) is 4.19. The van der Waals surface area contributed by atoms with E-state index < -0.39 is 10.0 Å². The van der Waals surface area contributed by atoms with Crippen LogP contribution in [0.5, 0.6) is 0 Å². The topological polar surface area (TPSA) is 69.7 Å². The summed E-state index contributed by atoms with van der Waals surface area (Å²) in [5, 5.41) is 0. The number of carbonyl (C=O) groups excluding carboxylic acids is 1. The largest absolute Gasteiger partial charge is 0.308 e. The quantitative estimate of drug-likeness (QED) is 0.824. The van der Waals surface area contributed by atoms with Crippen LogP contribution in [-0.2, 0) is 16.4 Å². The fraction of sp³-hybridized carbons (Fsp3) is 0.350. The van der Waals surface area contributed by atoms with Crippen molar-refractivity contribution in [3.05, 3.63) is 59.7 Å². The second-order valence-corrected chi connectivity index (χ2v) is 8.68. The summed E-state index contributed by atoms with van der Waals surface area (Å²) >= 11 is 0. The molecule has 1 aliphatic heterocycles. The van der Waals surface area contributed by atoms with Crippen LogP contribution in [-0.4, -0.2) is 53.0 Å². The summed E-state index contributed by atoms with van der Waals surface area (Å²) in [4.78, 5) is 16.8. The maximum atomic E-state index is 12.9. The van der Waals surface area contributed by atoms with Crippen molar-refractivity contribution in [1.29, 1.82) is 0 Å². The molecule has 0 saturated carbocycles. The Morgan fingerprint density at radius 2 is 1.81 bits per heavy atom. The van der Waals surface area contributed by atoms with E-state index in [9.17, 15) is 13.2 Å². The SMILES string of the molecule is CN(C)CCNS(=O)(=O)c1ccc(C(=O)N2CCCc3ccccc32)cc1. The van der Waals surface area contributed by atoms with Gasteiger partial charge >= 0.3 is 0 Å². The minimum Gasteiger partial charge on any atom is -0.308 e. The van der Waals surface area contributed by atoms with E-state index in [1.165, 1.54) is 17.7 Å². The molecule has 1 heterocycles. The van der Waals surface area contributed by atoms with Crippen LogP contribution >= 0.6 is 0 Å². The van der Waals surface area contributed by atoms with Crippen LogP contribution < -0.4 is 9.62 Å². The molecule has 0 spiro atoms. The Kier molecular flexibility index (Phi) is 5.94. The number of benzene rings is 2. The average Bonchev–Trinajstić information content (AvgIpc) is 2.66. The summed E-state index contributed by atoms with van der Waals surface area (Å²) < 4.78 is 27.2. The maximum Gasteiger partial charge on any atom is 0.258 e. The van der Waals surface area contributed by atoms with Gasteiger partial charge in [-0.25, -0.2) is 13.1 Å². The summed E-state index contributed by atoms with van der Waals surface area (Å²) in [6.07, 6.45) is 1.89. The molecule has 1 amide bonds. The molecule has 0 aliphatic carbocycles. The molecule has 27 heavy (non-hydrogen) atoms. The molecule has 2 aromatic rings. The zero-order valence-electron chi connectivity index (χ0n) is 15.7. The standard InChI is InChI=1S/C20H25N3O3S/c1-22(2)15-13-21-27(25,26)18-11-9-17(10-12-18)20(24)23-14-5-7-16-6-3-4-8-19(16)23/h3-4,6,8-12,21H,5,7,13-15H2,1-2H3. The van der Waals surface area contributed by atoms with Crippen molar-refractivity contribution in [2.45, 2.75) is 17.7 Å². The minimum atomic E-state index is -3.57. The second-order valence-electron chi connectivity index (χ2n) is 6.91. The second kappa shape index (κ2) is 8.21. The van der Waals surface area contributed by atoms with Crippen LogP contribution in [0.3, 0.4) is 0 Å². The monoisotopic (exact) mass is 387 g/mol. The van der Waals surface area contributed by atoms with E-state index >= 15 is 0 Å². The molecule has 2 aromatic carbocycles. The number of nitrogens with zero attached hydrogens (tertiary/aromatic N) is 2. The lowest BCUT2D eigenvalue weighted by atomic mass is 10.0. The summed E-state index contributed by atoms with van der Waals surface area (Å²) in [6.45, 7) is 1.62. The van der Waals surface area contributed by atoms with E-state index in [0.717, 1.165) is 18.5 Å². The zero-order valence-corrected chi connectivity index (χ0v) is 16.5. The fourth-order valence-electron chi connectivity index (χ4n) is 3.16. The van der Waals surface area contributed by atoms with Gasteiger partial charge in [-0.15, -0.1) is 0 Å². The predicted octanol–water partition coefficient (Wildman–Crippen LogP) is 2.12. The lowest BCUT2D eigenvalue weighted by Crippen LogP contribution is -2.35. The first-order chi connectivity index (χ1) is 12.9. The van der Waals surface area contributed by atoms with Crippen molar-refractivity contribution in [3.8, 4) is 0 Å². The van der Waals surface area contributed by atoms with Crippen molar-refractivity contribution in [2.24, 2.45) is 0 Å². The Hall–Kier alpha value is -2.22. The van der Waals surface area contributed by atoms with Gasteiger partial charge in [0.25, 0.3) is 5.91 Å². The van der Waals surface area contributed by atoms with Crippen molar-refractivity contribution < 1.29 is 13.2 Å². The number of rotatable bonds is 6. The Morgan fingerprint density at radius 3 is 2.52 bits per heavy atom. The van der Waals surface area contributed by atoms with E-state index in [4.69, 9.17) is 0 Å². The molecule has 0 atom stereocenters. The average molecular weight is 388 g/mol. The minimum absolute atomic E-state index is 0.105. The van der Waals surface area contributed by atoms with Crippen LogP contribution in [0.1, 0.15) is 22.3 Å². The molecule has 1 N–H and O–H groups in total. The van der Waals surface area contributed by atoms with Gasteiger partial charge in [0, 0.05) is 30.9 Å². The number of sulfonamides is 1. The van der Waals surface area contributed by atoms with Gasteiger partial charge in [-0.2, -0.15) is 0 Å². The van der Waals surface area contributed by atoms with Crippen LogP contribution in [0.4, 0.5) is 5.69 Å². The molecule has 6 nitrogen and oxygen atoms in total. The number of amides is 1. The van der Waals surface area contributed by atoms with Crippen molar-refractivity contribution in [1.82, 2.24) is 9.62 Å². The molecule has 0 fully saturated rings. The van der Waals surface area contributed by atoms with Crippen molar-refractivity contribution in [2.75, 3.05) is 38.6 Å². The number of nitrogens with one attached hydrogen (secondary N) is 1. The Labute approximate surface area is 160 Å². The highest BCUT2D eigenvalue weighted by atomic mass is 32.2. The number of fused-ring (bicyclic) bond motifs is 1. The molecule has 7 heteroatoms. The van der Waals surface area contributed by atoms with E-state index in [-0.39, 0.29) is 10.8 Å². The summed E-state index contributed by atoms with van der Waals surface area (Å²) in [5.74, 6) is -0.105. The van der Waals surface area contributed by atoms with Crippen molar-refractivity contribution >= 4 is 21.6 Å². The highest BCUT2D eigenvalue weighted by Crippen LogP contribution is 2.28. The van der Waals surface area contributed by atoms with Gasteiger partial charge in [-0.1, -0.05) is 18.2 Å². The molecular weight excluding hydrogens is 362 g/mol. The molecule has 0 bridgehead atoms. The summed E-state index contributed by atoms with van der Waals surface area (Å²) in [5.41, 5.74) is 2.59. The van der Waals surface area contributed by atoms with Crippen LogP contribution in [0.15, 0.2) is 53.4 Å². The lowest BCUT2D eigenvalue weighted by molar-refractivity contribution is 0.0985. The number of para-hydroxylation sites is 1. The van der Waals surface area contributed by atoms with E-state index in [1.807, 2.05) is 43.3 Å². The van der Waals surface area contributed by atoms with Gasteiger partial charge in [-0.05, 0) is 62.8 Å². The number of anilines is 1. The number of hydrogen-bond acceptors (Lipinski definition) is 4.